The normalized spacial score (nSPS) is 9.62. The predicted molar refractivity (Wildman–Crippen MR) is 61.7 cm³/mol. The van der Waals surface area contributed by atoms with Crippen LogP contribution in [0.2, 0.25) is 0 Å². The number of nitrogens with one attached hydrogen (secondary N) is 2. The number of aryl methyl sites for hydroxylation is 1. The molecule has 0 aromatic heterocycles. The fourth-order valence-corrected chi connectivity index (χ4v) is 1.19. The standard InChI is InChI=1S/C12H16N2O2/c1-3-4-11(15)13-14-12(16)10-7-5-9(2)6-8-10/h5-8H,3-4H2,1-2H3,(H,13,15)(H,14,16). The first kappa shape index (κ1) is 12.2. The van der Waals surface area contributed by atoms with Gasteiger partial charge in [-0.1, -0.05) is 24.6 Å². The van der Waals surface area contributed by atoms with Crippen molar-refractivity contribution in [2.75, 3.05) is 0 Å². The molecule has 0 aliphatic carbocycles. The Balaban J connectivity index is 2.47. The first-order valence-corrected chi connectivity index (χ1v) is 5.29. The Bertz CT molecular complexity index is 371. The summed E-state index contributed by atoms with van der Waals surface area (Å²) in [7, 11) is 0. The highest BCUT2D eigenvalue weighted by Crippen LogP contribution is 2.02. The minimum atomic E-state index is -0.301. The zero-order valence-electron chi connectivity index (χ0n) is 9.54. The SMILES string of the molecule is CCCC(=O)NNC(=O)c1ccc(C)cc1. The molecule has 2 N–H and O–H groups in total. The second kappa shape index (κ2) is 5.90. The number of hydrogen-bond acceptors (Lipinski definition) is 2. The van der Waals surface area contributed by atoms with Crippen LogP contribution in [0.15, 0.2) is 24.3 Å². The van der Waals surface area contributed by atoms with Gasteiger partial charge in [-0.2, -0.15) is 0 Å². The third-order valence-corrected chi connectivity index (χ3v) is 2.11. The Morgan fingerprint density at radius 1 is 1.12 bits per heavy atom. The fourth-order valence-electron chi connectivity index (χ4n) is 1.19. The molecule has 1 aromatic rings. The molecular weight excluding hydrogens is 204 g/mol. The lowest BCUT2D eigenvalue weighted by molar-refractivity contribution is -0.121. The van der Waals surface area contributed by atoms with Crippen LogP contribution in [0.5, 0.6) is 0 Å². The van der Waals surface area contributed by atoms with Crippen molar-refractivity contribution in [3.8, 4) is 0 Å². The molecule has 0 unspecified atom stereocenters. The molecule has 0 saturated carbocycles. The lowest BCUT2D eigenvalue weighted by Crippen LogP contribution is -2.41. The molecule has 0 heterocycles. The van der Waals surface area contributed by atoms with E-state index in [-0.39, 0.29) is 11.8 Å². The molecule has 2 amide bonds. The maximum Gasteiger partial charge on any atom is 0.269 e. The van der Waals surface area contributed by atoms with E-state index < -0.39 is 0 Å². The monoisotopic (exact) mass is 220 g/mol. The predicted octanol–water partition coefficient (Wildman–Crippen LogP) is 1.56. The van der Waals surface area contributed by atoms with Crippen LogP contribution in [0.4, 0.5) is 0 Å². The number of hydrogen-bond donors (Lipinski definition) is 2. The number of carbonyl (C=O) groups is 2. The summed E-state index contributed by atoms with van der Waals surface area (Å²) in [6.07, 6.45) is 1.17. The molecule has 0 bridgehead atoms. The van der Waals surface area contributed by atoms with E-state index in [0.29, 0.717) is 12.0 Å². The number of carbonyl (C=O) groups excluding carboxylic acids is 2. The highest BCUT2D eigenvalue weighted by atomic mass is 16.2. The summed E-state index contributed by atoms with van der Waals surface area (Å²) in [5.74, 6) is -0.479. The molecule has 0 atom stereocenters. The highest BCUT2D eigenvalue weighted by molar-refractivity contribution is 5.95. The summed E-state index contributed by atoms with van der Waals surface area (Å²) in [4.78, 5) is 22.6. The van der Waals surface area contributed by atoms with Crippen molar-refractivity contribution >= 4 is 11.8 Å². The van der Waals surface area contributed by atoms with Gasteiger partial charge in [0, 0.05) is 12.0 Å². The minimum Gasteiger partial charge on any atom is -0.273 e. The van der Waals surface area contributed by atoms with Gasteiger partial charge < -0.3 is 0 Å². The minimum absolute atomic E-state index is 0.178. The van der Waals surface area contributed by atoms with Crippen LogP contribution in [0.1, 0.15) is 35.7 Å². The van der Waals surface area contributed by atoms with Gasteiger partial charge in [0.2, 0.25) is 5.91 Å². The van der Waals surface area contributed by atoms with E-state index in [1.807, 2.05) is 26.0 Å². The highest BCUT2D eigenvalue weighted by Gasteiger charge is 2.05. The molecule has 0 radical (unpaired) electrons. The van der Waals surface area contributed by atoms with E-state index in [2.05, 4.69) is 10.9 Å². The summed E-state index contributed by atoms with van der Waals surface area (Å²) >= 11 is 0. The Morgan fingerprint density at radius 2 is 1.75 bits per heavy atom. The molecule has 0 fully saturated rings. The quantitative estimate of drug-likeness (QED) is 0.759. The molecule has 4 nitrogen and oxygen atoms in total. The third kappa shape index (κ3) is 3.73. The van der Waals surface area contributed by atoms with Crippen molar-refractivity contribution in [3.05, 3.63) is 35.4 Å². The zero-order valence-corrected chi connectivity index (χ0v) is 9.54. The average Bonchev–Trinajstić information content (AvgIpc) is 2.27. The van der Waals surface area contributed by atoms with E-state index in [0.717, 1.165) is 12.0 Å². The van der Waals surface area contributed by atoms with Crippen molar-refractivity contribution < 1.29 is 9.59 Å². The van der Waals surface area contributed by atoms with Crippen LogP contribution in [0, 0.1) is 6.92 Å². The van der Waals surface area contributed by atoms with Crippen molar-refractivity contribution in [1.29, 1.82) is 0 Å². The molecule has 0 aliphatic rings. The van der Waals surface area contributed by atoms with Crippen LogP contribution < -0.4 is 10.9 Å². The van der Waals surface area contributed by atoms with Gasteiger partial charge in [-0.25, -0.2) is 0 Å². The Labute approximate surface area is 95.0 Å². The summed E-state index contributed by atoms with van der Waals surface area (Å²) in [6.45, 7) is 3.85. The first-order chi connectivity index (χ1) is 7.63. The van der Waals surface area contributed by atoms with Crippen LogP contribution in [-0.4, -0.2) is 11.8 Å². The Morgan fingerprint density at radius 3 is 2.31 bits per heavy atom. The largest absolute Gasteiger partial charge is 0.273 e. The van der Waals surface area contributed by atoms with Gasteiger partial charge >= 0.3 is 0 Å². The molecule has 0 spiro atoms. The van der Waals surface area contributed by atoms with E-state index in [1.165, 1.54) is 0 Å². The van der Waals surface area contributed by atoms with Crippen LogP contribution in [0.3, 0.4) is 0 Å². The second-order valence-corrected chi connectivity index (χ2v) is 3.62. The second-order valence-electron chi connectivity index (χ2n) is 3.62. The molecule has 4 heteroatoms. The van der Waals surface area contributed by atoms with Crippen molar-refractivity contribution in [3.63, 3.8) is 0 Å². The van der Waals surface area contributed by atoms with E-state index >= 15 is 0 Å². The van der Waals surface area contributed by atoms with Gasteiger partial charge in [0.15, 0.2) is 0 Å². The lowest BCUT2D eigenvalue weighted by atomic mass is 10.1. The Kier molecular flexibility index (Phi) is 4.51. The summed E-state index contributed by atoms with van der Waals surface area (Å²) in [5.41, 5.74) is 6.34. The molecular formula is C12H16N2O2. The van der Waals surface area contributed by atoms with Crippen molar-refractivity contribution in [1.82, 2.24) is 10.9 Å². The van der Waals surface area contributed by atoms with Gasteiger partial charge in [0.1, 0.15) is 0 Å². The van der Waals surface area contributed by atoms with Gasteiger partial charge in [0.25, 0.3) is 5.91 Å². The van der Waals surface area contributed by atoms with E-state index in [4.69, 9.17) is 0 Å². The smallest absolute Gasteiger partial charge is 0.269 e. The fraction of sp³-hybridized carbons (Fsp3) is 0.333. The lowest BCUT2D eigenvalue weighted by Gasteiger charge is -2.06. The molecule has 86 valence electrons. The van der Waals surface area contributed by atoms with Crippen molar-refractivity contribution in [2.45, 2.75) is 26.7 Å². The molecule has 1 aromatic carbocycles. The molecule has 1 rings (SSSR count). The number of hydrazine groups is 1. The zero-order chi connectivity index (χ0) is 12.0. The summed E-state index contributed by atoms with van der Waals surface area (Å²) in [5, 5.41) is 0. The summed E-state index contributed by atoms with van der Waals surface area (Å²) in [6, 6.07) is 7.14. The maximum atomic E-state index is 11.5. The van der Waals surface area contributed by atoms with Gasteiger partial charge in [0.05, 0.1) is 0 Å². The first-order valence-electron chi connectivity index (χ1n) is 5.29. The van der Waals surface area contributed by atoms with Gasteiger partial charge in [-0.15, -0.1) is 0 Å². The number of benzene rings is 1. The van der Waals surface area contributed by atoms with Crippen molar-refractivity contribution in [2.24, 2.45) is 0 Å². The van der Waals surface area contributed by atoms with E-state index in [1.54, 1.807) is 12.1 Å². The van der Waals surface area contributed by atoms with Gasteiger partial charge in [-0.05, 0) is 25.5 Å². The molecule has 16 heavy (non-hydrogen) atoms. The third-order valence-electron chi connectivity index (χ3n) is 2.11. The van der Waals surface area contributed by atoms with Crippen LogP contribution in [-0.2, 0) is 4.79 Å². The van der Waals surface area contributed by atoms with Crippen LogP contribution >= 0.6 is 0 Å². The van der Waals surface area contributed by atoms with Crippen LogP contribution in [0.25, 0.3) is 0 Å². The van der Waals surface area contributed by atoms with E-state index in [9.17, 15) is 9.59 Å². The molecule has 0 saturated heterocycles. The number of rotatable bonds is 3. The average molecular weight is 220 g/mol. The van der Waals surface area contributed by atoms with Gasteiger partial charge in [-0.3, -0.25) is 20.4 Å². The maximum absolute atomic E-state index is 11.5. The summed E-state index contributed by atoms with van der Waals surface area (Å²) < 4.78 is 0. The Hall–Kier alpha value is -1.84. The topological polar surface area (TPSA) is 58.2 Å². The molecule has 0 aliphatic heterocycles. The number of amides is 2.